The van der Waals surface area contributed by atoms with Gasteiger partial charge in [-0.1, -0.05) is 60.5 Å². The van der Waals surface area contributed by atoms with Crippen molar-refractivity contribution >= 4 is 0 Å². The summed E-state index contributed by atoms with van der Waals surface area (Å²) in [5.74, 6) is 4.39. The van der Waals surface area contributed by atoms with Crippen LogP contribution in [0.15, 0.2) is 11.6 Å². The molecule has 0 aromatic heterocycles. The van der Waals surface area contributed by atoms with Crippen LogP contribution in [0.2, 0.25) is 0 Å². The molecule has 0 radical (unpaired) electrons. The lowest BCUT2D eigenvalue weighted by Gasteiger charge is -2.62. The number of hydrogen-bond donors (Lipinski definition) is 1. The van der Waals surface area contributed by atoms with Gasteiger partial charge in [0.1, 0.15) is 0 Å². The highest BCUT2D eigenvalue weighted by Crippen LogP contribution is 2.68. The van der Waals surface area contributed by atoms with Crippen LogP contribution in [0.3, 0.4) is 0 Å². The number of fused-ring (bicyclic) bond motifs is 5. The van der Waals surface area contributed by atoms with E-state index < -0.39 is 5.60 Å². The molecule has 4 aliphatic carbocycles. The molecule has 0 spiro atoms. The fourth-order valence-electron chi connectivity index (χ4n) is 8.68. The molecule has 4 aliphatic rings. The first-order valence-electron chi connectivity index (χ1n) is 13.5. The smallest absolute Gasteiger partial charge is 0.0915 e. The van der Waals surface area contributed by atoms with E-state index in [1.54, 1.807) is 0 Å². The molecule has 0 bridgehead atoms. The fourth-order valence-corrected chi connectivity index (χ4v) is 8.68. The van der Waals surface area contributed by atoms with Gasteiger partial charge in [0.05, 0.1) is 11.7 Å². The molecule has 0 aromatic rings. The topological polar surface area (TPSA) is 29.5 Å². The second-order valence-corrected chi connectivity index (χ2v) is 13.0. The van der Waals surface area contributed by atoms with Crippen molar-refractivity contribution < 1.29 is 9.84 Å². The SMILES string of the molecule is CO[C@H]1CC[C@@]2(C)C(CC=C3C4CC[C@H]([C@H](C)CC[C@@H](C)C(C)C)[C@@]4(C)CC[C@@]32O)C1. The molecule has 9 atom stereocenters. The van der Waals surface area contributed by atoms with Gasteiger partial charge in [0, 0.05) is 12.5 Å². The minimum Gasteiger partial charge on any atom is -0.385 e. The maximum Gasteiger partial charge on any atom is 0.0915 e. The van der Waals surface area contributed by atoms with Crippen molar-refractivity contribution in [3.8, 4) is 0 Å². The zero-order chi connectivity index (χ0) is 22.6. The quantitative estimate of drug-likeness (QED) is 0.445. The molecule has 2 unspecified atom stereocenters. The van der Waals surface area contributed by atoms with E-state index in [0.29, 0.717) is 23.4 Å². The van der Waals surface area contributed by atoms with Gasteiger partial charge in [-0.2, -0.15) is 0 Å². The summed E-state index contributed by atoms with van der Waals surface area (Å²) in [7, 11) is 1.86. The van der Waals surface area contributed by atoms with Gasteiger partial charge in [0.25, 0.3) is 0 Å². The highest BCUT2D eigenvalue weighted by atomic mass is 16.5. The Morgan fingerprint density at radius 2 is 1.77 bits per heavy atom. The van der Waals surface area contributed by atoms with E-state index in [9.17, 15) is 5.11 Å². The van der Waals surface area contributed by atoms with Crippen molar-refractivity contribution in [2.45, 2.75) is 117 Å². The van der Waals surface area contributed by atoms with Crippen LogP contribution >= 0.6 is 0 Å². The second-order valence-electron chi connectivity index (χ2n) is 13.0. The van der Waals surface area contributed by atoms with Gasteiger partial charge in [-0.05, 0) is 97.9 Å². The first kappa shape index (κ1) is 23.8. The Labute approximate surface area is 192 Å². The van der Waals surface area contributed by atoms with Crippen molar-refractivity contribution in [3.63, 3.8) is 0 Å². The molecule has 0 amide bonds. The molecule has 0 saturated heterocycles. The molecule has 178 valence electrons. The fraction of sp³-hybridized carbons (Fsp3) is 0.931. The monoisotopic (exact) mass is 430 g/mol. The summed E-state index contributed by atoms with van der Waals surface area (Å²) in [6.07, 6.45) is 14.9. The van der Waals surface area contributed by atoms with Gasteiger partial charge in [-0.3, -0.25) is 0 Å². The average Bonchev–Trinajstić information content (AvgIpc) is 3.09. The summed E-state index contributed by atoms with van der Waals surface area (Å²) < 4.78 is 5.73. The van der Waals surface area contributed by atoms with Crippen LogP contribution < -0.4 is 0 Å². The molecule has 3 fully saturated rings. The standard InChI is InChI=1S/C29H50O2/c1-19(2)20(3)8-9-21(4)24-12-13-25-26-11-10-22-18-23(31-7)14-15-28(22,6)29(26,30)17-16-27(24,25)5/h11,19-25,30H,8-10,12-18H2,1-7H3/t20-,21-,22?,23+,24-,25?,27-,28+,29-/m1/s1. The maximum absolute atomic E-state index is 12.3. The van der Waals surface area contributed by atoms with E-state index >= 15 is 0 Å². The van der Waals surface area contributed by atoms with Crippen molar-refractivity contribution in [2.24, 2.45) is 46.3 Å². The number of methoxy groups -OCH3 is 1. The Morgan fingerprint density at radius 1 is 1.03 bits per heavy atom. The molecule has 0 aromatic carbocycles. The maximum atomic E-state index is 12.3. The number of aliphatic hydroxyl groups is 1. The predicted molar refractivity (Wildman–Crippen MR) is 130 cm³/mol. The van der Waals surface area contributed by atoms with Gasteiger partial charge >= 0.3 is 0 Å². The van der Waals surface area contributed by atoms with Crippen LogP contribution in [0, 0.1) is 46.3 Å². The molecule has 2 nitrogen and oxygen atoms in total. The molecule has 2 heteroatoms. The minimum atomic E-state index is -0.580. The van der Waals surface area contributed by atoms with E-state index in [2.05, 4.69) is 47.6 Å². The lowest BCUT2D eigenvalue weighted by Crippen LogP contribution is -2.61. The summed E-state index contributed by atoms with van der Waals surface area (Å²) in [5, 5.41) is 12.3. The van der Waals surface area contributed by atoms with Gasteiger partial charge < -0.3 is 9.84 Å². The number of rotatable bonds is 6. The average molecular weight is 431 g/mol. The Bertz CT molecular complexity index is 682. The molecule has 31 heavy (non-hydrogen) atoms. The summed E-state index contributed by atoms with van der Waals surface area (Å²) in [6, 6.07) is 0. The van der Waals surface area contributed by atoms with E-state index in [4.69, 9.17) is 4.74 Å². The van der Waals surface area contributed by atoms with Crippen LogP contribution in [-0.2, 0) is 4.74 Å². The molecular weight excluding hydrogens is 380 g/mol. The van der Waals surface area contributed by atoms with E-state index in [-0.39, 0.29) is 5.41 Å². The van der Waals surface area contributed by atoms with Gasteiger partial charge in [-0.15, -0.1) is 0 Å². The first-order chi connectivity index (χ1) is 14.6. The highest BCUT2D eigenvalue weighted by Gasteiger charge is 2.64. The van der Waals surface area contributed by atoms with Crippen LogP contribution in [0.4, 0.5) is 0 Å². The second kappa shape index (κ2) is 8.46. The van der Waals surface area contributed by atoms with Crippen LogP contribution in [0.25, 0.3) is 0 Å². The van der Waals surface area contributed by atoms with Gasteiger partial charge in [0.15, 0.2) is 0 Å². The molecule has 3 saturated carbocycles. The largest absolute Gasteiger partial charge is 0.385 e. The Balaban J connectivity index is 1.54. The Kier molecular flexibility index (Phi) is 6.50. The normalized spacial score (nSPS) is 46.7. The lowest BCUT2D eigenvalue weighted by atomic mass is 9.45. The van der Waals surface area contributed by atoms with Crippen molar-refractivity contribution in [3.05, 3.63) is 11.6 Å². The van der Waals surface area contributed by atoms with Crippen LogP contribution in [-0.4, -0.2) is 23.9 Å². The summed E-state index contributed by atoms with van der Waals surface area (Å²) >= 11 is 0. The van der Waals surface area contributed by atoms with Crippen molar-refractivity contribution in [2.75, 3.05) is 7.11 Å². The van der Waals surface area contributed by atoms with Gasteiger partial charge in [0.2, 0.25) is 0 Å². The van der Waals surface area contributed by atoms with Crippen LogP contribution in [0.1, 0.15) is 106 Å². The van der Waals surface area contributed by atoms with E-state index in [1.807, 2.05) is 7.11 Å². The Hall–Kier alpha value is -0.340. The summed E-state index contributed by atoms with van der Waals surface area (Å²) in [5.41, 5.74) is 1.29. The molecule has 1 N–H and O–H groups in total. The van der Waals surface area contributed by atoms with Crippen molar-refractivity contribution in [1.29, 1.82) is 0 Å². The third-order valence-corrected chi connectivity index (χ3v) is 11.5. The minimum absolute atomic E-state index is 0.0316. The molecule has 0 aliphatic heterocycles. The molecule has 4 rings (SSSR count). The number of hydrogen-bond acceptors (Lipinski definition) is 2. The first-order valence-corrected chi connectivity index (χ1v) is 13.5. The molecular formula is C29H50O2. The van der Waals surface area contributed by atoms with Gasteiger partial charge in [-0.25, -0.2) is 0 Å². The van der Waals surface area contributed by atoms with Crippen LogP contribution in [0.5, 0.6) is 0 Å². The zero-order valence-electron chi connectivity index (χ0n) is 21.5. The predicted octanol–water partition coefficient (Wildman–Crippen LogP) is 7.40. The third kappa shape index (κ3) is 3.67. The number of ether oxygens (including phenoxy) is 1. The summed E-state index contributed by atoms with van der Waals surface area (Å²) in [6.45, 7) is 14.7. The molecule has 0 heterocycles. The summed E-state index contributed by atoms with van der Waals surface area (Å²) in [4.78, 5) is 0. The number of allylic oxidation sites excluding steroid dienone is 1. The lowest BCUT2D eigenvalue weighted by molar-refractivity contribution is -0.157. The highest BCUT2D eigenvalue weighted by molar-refractivity contribution is 5.35. The Morgan fingerprint density at radius 3 is 2.45 bits per heavy atom. The van der Waals surface area contributed by atoms with E-state index in [0.717, 1.165) is 55.8 Å². The zero-order valence-corrected chi connectivity index (χ0v) is 21.5. The van der Waals surface area contributed by atoms with Crippen molar-refractivity contribution in [1.82, 2.24) is 0 Å². The van der Waals surface area contributed by atoms with E-state index in [1.165, 1.54) is 37.7 Å². The third-order valence-electron chi connectivity index (χ3n) is 11.5.